The Morgan fingerprint density at radius 2 is 1.32 bits per heavy atom. The molecular formula is C43H49NO18. The van der Waals surface area contributed by atoms with Gasteiger partial charge in [0, 0.05) is 46.7 Å². The second-order valence-corrected chi connectivity index (χ2v) is 16.5. The number of esters is 8. The normalized spacial score (nSPS) is 36.0. The molecule has 62 heavy (non-hydrogen) atoms. The molecule has 2 saturated carbocycles. The molecule has 1 aromatic heterocycles. The highest BCUT2D eigenvalue weighted by Gasteiger charge is 2.92. The largest absolute Gasteiger partial charge is 0.465 e. The monoisotopic (exact) mass is 867 g/mol. The Hall–Kier alpha value is -5.95. The summed E-state index contributed by atoms with van der Waals surface area (Å²) in [6.07, 6.45) is -10.8. The molecule has 6 rings (SSSR count). The minimum Gasteiger partial charge on any atom is -0.465 e. The summed E-state index contributed by atoms with van der Waals surface area (Å²) in [4.78, 5) is 114. The Balaban J connectivity index is 1.81. The fourth-order valence-corrected chi connectivity index (χ4v) is 9.83. The summed E-state index contributed by atoms with van der Waals surface area (Å²) in [5.41, 5.74) is -10.4. The lowest BCUT2D eigenvalue weighted by Gasteiger charge is -2.67. The number of fused-ring (bicyclic) bond motifs is 5. The number of rotatable bonds is 8. The highest BCUT2D eigenvalue weighted by atomic mass is 16.7. The van der Waals surface area contributed by atoms with Crippen molar-refractivity contribution < 1.29 is 86.1 Å². The molecular weight excluding hydrogens is 818 g/mol. The number of hydrogen-bond donors (Lipinski definition) is 1. The number of pyridine rings is 1. The molecule has 3 fully saturated rings. The van der Waals surface area contributed by atoms with Crippen molar-refractivity contribution in [2.75, 3.05) is 13.2 Å². The van der Waals surface area contributed by atoms with Crippen LogP contribution in [0.25, 0.3) is 0 Å². The highest BCUT2D eigenvalue weighted by Crippen LogP contribution is 2.70. The maximum Gasteiger partial charge on any atom is 0.340 e. The Kier molecular flexibility index (Phi) is 12.3. The van der Waals surface area contributed by atoms with Crippen molar-refractivity contribution in [3.05, 3.63) is 65.5 Å². The first-order valence-electron chi connectivity index (χ1n) is 19.9. The maximum atomic E-state index is 14.5. The number of benzene rings is 1. The standard InChI is InChI=1S/C43H49NO18/c1-20-21(2)37(50)61-34-32(57-24(5)47)36(59-26(7)49)42(19-54-22(3)45)35(58-25(6)48)31(56-23(4)46)29-33(60-38(51)27-14-11-10-12-15-27)43(42,41(34,9)53)62-40(29,8)18-55-39(52)28-16-13-17-44-30(20)28/h10-17,20-21,29,31-36,53H,18-19H2,1-9H3/t20-,21+,29-,31-,32+,33-,34+,35-,36+,40+,41+,42-,43+/m1/s1. The minimum atomic E-state index is -2.87. The molecule has 2 aliphatic carbocycles. The molecule has 1 spiro atoms. The third-order valence-electron chi connectivity index (χ3n) is 12.4. The van der Waals surface area contributed by atoms with Crippen LogP contribution < -0.4 is 0 Å². The lowest BCUT2D eigenvalue weighted by atomic mass is 9.45. The van der Waals surface area contributed by atoms with Crippen LogP contribution in [0.1, 0.15) is 94.6 Å². The number of aromatic nitrogens is 1. The number of hydrogen-bond acceptors (Lipinski definition) is 19. The second kappa shape index (κ2) is 16.7. The Morgan fingerprint density at radius 3 is 1.90 bits per heavy atom. The van der Waals surface area contributed by atoms with Crippen LogP contribution in [0.3, 0.4) is 0 Å². The average molecular weight is 868 g/mol. The molecule has 4 aliphatic rings. The topological polar surface area (TPSA) is 253 Å². The molecule has 334 valence electrons. The summed E-state index contributed by atoms with van der Waals surface area (Å²) in [6, 6.07) is 10.4. The van der Waals surface area contributed by atoms with E-state index in [2.05, 4.69) is 4.98 Å². The van der Waals surface area contributed by atoms with Gasteiger partial charge in [-0.15, -0.1) is 0 Å². The number of nitrogens with zero attached hydrogens (tertiary/aromatic N) is 1. The van der Waals surface area contributed by atoms with E-state index in [1.165, 1.54) is 56.4 Å². The molecule has 3 heterocycles. The summed E-state index contributed by atoms with van der Waals surface area (Å²) < 4.78 is 55.4. The number of carbonyl (C=O) groups is 8. The molecule has 0 amide bonds. The SMILES string of the molecule is CC(=O)OC[C@]12[C@H](OC(C)=O)[C@H](OC(C)=O)[C@@H]3[C@@H](OC(=O)c4ccccc4)[C@@]14O[C@@]3(C)COC(=O)c1cccnc1[C@H](C)[C@H](C)C(=O)O[C@@H]([C@H](OC(C)=O)[C@@H]2OC(C)=O)[C@]4(C)O. The van der Waals surface area contributed by atoms with Gasteiger partial charge in [-0.25, -0.2) is 9.59 Å². The minimum absolute atomic E-state index is 0.0290. The first-order valence-corrected chi connectivity index (χ1v) is 19.9. The highest BCUT2D eigenvalue weighted by molar-refractivity contribution is 5.91. The van der Waals surface area contributed by atoms with E-state index in [0.717, 1.165) is 41.5 Å². The molecule has 19 nitrogen and oxygen atoms in total. The molecule has 2 aromatic rings. The van der Waals surface area contributed by atoms with E-state index in [4.69, 9.17) is 42.6 Å². The summed E-state index contributed by atoms with van der Waals surface area (Å²) in [5, 5.41) is 13.7. The third kappa shape index (κ3) is 7.43. The number of ether oxygens (including phenoxy) is 9. The zero-order valence-corrected chi connectivity index (χ0v) is 35.6. The van der Waals surface area contributed by atoms with Gasteiger partial charge in [0.2, 0.25) is 0 Å². The van der Waals surface area contributed by atoms with Crippen LogP contribution in [0.4, 0.5) is 0 Å². The molecule has 13 atom stereocenters. The first kappa shape index (κ1) is 45.6. The predicted octanol–water partition coefficient (Wildman–Crippen LogP) is 2.33. The molecule has 19 heteroatoms. The van der Waals surface area contributed by atoms with Gasteiger partial charge in [0.1, 0.15) is 42.0 Å². The fourth-order valence-electron chi connectivity index (χ4n) is 9.83. The van der Waals surface area contributed by atoms with Gasteiger partial charge in [-0.1, -0.05) is 32.0 Å². The van der Waals surface area contributed by atoms with Crippen LogP contribution in [0, 0.1) is 17.3 Å². The molecule has 0 unspecified atom stereocenters. The van der Waals surface area contributed by atoms with Gasteiger partial charge >= 0.3 is 47.8 Å². The smallest absolute Gasteiger partial charge is 0.340 e. The maximum absolute atomic E-state index is 14.5. The van der Waals surface area contributed by atoms with Gasteiger partial charge in [0.05, 0.1) is 28.7 Å². The Bertz CT molecular complexity index is 2160. The van der Waals surface area contributed by atoms with E-state index in [1.807, 2.05) is 0 Å². The van der Waals surface area contributed by atoms with Crippen molar-refractivity contribution in [2.45, 2.75) is 122 Å². The Morgan fingerprint density at radius 1 is 0.742 bits per heavy atom. The van der Waals surface area contributed by atoms with Crippen molar-refractivity contribution in [1.82, 2.24) is 4.98 Å². The van der Waals surface area contributed by atoms with E-state index < -0.39 is 138 Å². The van der Waals surface area contributed by atoms with E-state index >= 15 is 0 Å². The van der Waals surface area contributed by atoms with Gasteiger partial charge in [0.15, 0.2) is 30.0 Å². The van der Waals surface area contributed by atoms with Crippen LogP contribution in [0.2, 0.25) is 0 Å². The lowest BCUT2D eigenvalue weighted by Crippen LogP contribution is -2.89. The van der Waals surface area contributed by atoms with Crippen LogP contribution in [0.15, 0.2) is 48.7 Å². The van der Waals surface area contributed by atoms with Crippen molar-refractivity contribution in [2.24, 2.45) is 17.3 Å². The predicted molar refractivity (Wildman–Crippen MR) is 205 cm³/mol. The van der Waals surface area contributed by atoms with E-state index in [-0.39, 0.29) is 16.8 Å². The van der Waals surface area contributed by atoms with Crippen molar-refractivity contribution >= 4 is 47.8 Å². The number of cyclic esters (lactones) is 1. The van der Waals surface area contributed by atoms with Crippen LogP contribution >= 0.6 is 0 Å². The average Bonchev–Trinajstić information content (AvgIpc) is 3.42. The zero-order chi connectivity index (χ0) is 45.7. The van der Waals surface area contributed by atoms with Crippen LogP contribution in [0.5, 0.6) is 0 Å². The molecule has 4 bridgehead atoms. The molecule has 1 aromatic carbocycles. The lowest BCUT2D eigenvalue weighted by molar-refractivity contribution is -0.386. The zero-order valence-electron chi connectivity index (χ0n) is 35.6. The van der Waals surface area contributed by atoms with Crippen molar-refractivity contribution in [3.63, 3.8) is 0 Å². The molecule has 1 N–H and O–H groups in total. The summed E-state index contributed by atoms with van der Waals surface area (Å²) in [5.74, 6) is -11.9. The quantitative estimate of drug-likeness (QED) is 0.295. The van der Waals surface area contributed by atoms with E-state index in [0.29, 0.717) is 0 Å². The first-order chi connectivity index (χ1) is 29.0. The molecule has 2 aliphatic heterocycles. The van der Waals surface area contributed by atoms with E-state index in [9.17, 15) is 43.5 Å². The van der Waals surface area contributed by atoms with Crippen LogP contribution in [-0.2, 0) is 71.4 Å². The summed E-state index contributed by atoms with van der Waals surface area (Å²) in [7, 11) is 0. The Labute approximate surface area is 355 Å². The third-order valence-corrected chi connectivity index (χ3v) is 12.4. The second-order valence-electron chi connectivity index (χ2n) is 16.5. The van der Waals surface area contributed by atoms with Crippen molar-refractivity contribution in [3.8, 4) is 0 Å². The summed E-state index contributed by atoms with van der Waals surface area (Å²) in [6.45, 7) is 8.64. The van der Waals surface area contributed by atoms with Gasteiger partial charge < -0.3 is 47.7 Å². The summed E-state index contributed by atoms with van der Waals surface area (Å²) >= 11 is 0. The van der Waals surface area contributed by atoms with Crippen molar-refractivity contribution in [1.29, 1.82) is 0 Å². The fraction of sp³-hybridized carbons (Fsp3) is 0.558. The van der Waals surface area contributed by atoms with Gasteiger partial charge in [-0.2, -0.15) is 0 Å². The van der Waals surface area contributed by atoms with Gasteiger partial charge in [-0.05, 0) is 38.1 Å². The van der Waals surface area contributed by atoms with Gasteiger partial charge in [0.25, 0.3) is 0 Å². The number of aliphatic hydroxyl groups is 1. The van der Waals surface area contributed by atoms with E-state index in [1.54, 1.807) is 13.0 Å². The van der Waals surface area contributed by atoms with Gasteiger partial charge in [-0.3, -0.25) is 33.8 Å². The molecule has 1 saturated heterocycles. The molecule has 0 radical (unpaired) electrons. The van der Waals surface area contributed by atoms with Crippen LogP contribution in [-0.4, -0.2) is 124 Å². The number of carbonyl (C=O) groups excluding carboxylic acids is 8.